The van der Waals surface area contributed by atoms with Crippen LogP contribution in [0.5, 0.6) is 0 Å². The van der Waals surface area contributed by atoms with E-state index < -0.39 is 0 Å². The summed E-state index contributed by atoms with van der Waals surface area (Å²) in [4.78, 5) is 9.25. The van der Waals surface area contributed by atoms with Crippen LogP contribution in [0.2, 0.25) is 0 Å². The van der Waals surface area contributed by atoms with Gasteiger partial charge in [0.15, 0.2) is 11.8 Å². The maximum absolute atomic E-state index is 13.6. The highest BCUT2D eigenvalue weighted by atomic mass is 127. The molecule has 0 bridgehead atoms. The lowest BCUT2D eigenvalue weighted by atomic mass is 9.96. The lowest BCUT2D eigenvalue weighted by molar-refractivity contribution is 0.607. The Morgan fingerprint density at radius 3 is 2.56 bits per heavy atom. The highest BCUT2D eigenvalue weighted by molar-refractivity contribution is 14.0. The van der Waals surface area contributed by atoms with Crippen LogP contribution in [-0.4, -0.2) is 33.8 Å². The molecule has 0 unspecified atom stereocenters. The molecule has 0 amide bonds. The molecule has 4 rings (SSSR count). The van der Waals surface area contributed by atoms with E-state index >= 15 is 0 Å². The van der Waals surface area contributed by atoms with E-state index in [9.17, 15) is 4.39 Å². The molecule has 6 nitrogen and oxygen atoms in total. The molecule has 1 aliphatic carbocycles. The average molecular weight is 548 g/mol. The van der Waals surface area contributed by atoms with Gasteiger partial charge in [-0.15, -0.1) is 24.0 Å². The molecule has 0 atom stereocenters. The van der Waals surface area contributed by atoms with E-state index in [0.717, 1.165) is 60.2 Å². The summed E-state index contributed by atoms with van der Waals surface area (Å²) in [6.07, 6.45) is 3.95. The first kappa shape index (κ1) is 24.2. The molecule has 8 heteroatoms. The first-order valence-electron chi connectivity index (χ1n) is 10.8. The Kier molecular flexibility index (Phi) is 7.86. The van der Waals surface area contributed by atoms with Gasteiger partial charge >= 0.3 is 0 Å². The zero-order chi connectivity index (χ0) is 21.8. The van der Waals surface area contributed by atoms with Gasteiger partial charge in [-0.25, -0.2) is 19.0 Å². The third-order valence-corrected chi connectivity index (χ3v) is 5.68. The summed E-state index contributed by atoms with van der Waals surface area (Å²) >= 11 is 0. The number of rotatable bonds is 7. The summed E-state index contributed by atoms with van der Waals surface area (Å²) < 4.78 is 15.5. The summed E-state index contributed by atoms with van der Waals surface area (Å²) in [6.45, 7) is 8.06. The van der Waals surface area contributed by atoms with Crippen molar-refractivity contribution in [2.75, 3.05) is 13.1 Å². The Morgan fingerprint density at radius 1 is 1.16 bits per heavy atom. The van der Waals surface area contributed by atoms with E-state index in [1.165, 1.54) is 6.07 Å². The van der Waals surface area contributed by atoms with Crippen molar-refractivity contribution in [3.8, 4) is 5.82 Å². The summed E-state index contributed by atoms with van der Waals surface area (Å²) in [5.74, 6) is 1.38. The molecule has 0 saturated heterocycles. The molecule has 2 aromatic heterocycles. The van der Waals surface area contributed by atoms with E-state index in [1.54, 1.807) is 12.1 Å². The van der Waals surface area contributed by atoms with Crippen LogP contribution in [-0.2, 0) is 12.0 Å². The number of hydrogen-bond donors (Lipinski definition) is 2. The molecule has 32 heavy (non-hydrogen) atoms. The predicted octanol–water partition coefficient (Wildman–Crippen LogP) is 4.43. The number of aromatic nitrogens is 3. The molecule has 0 spiro atoms. The van der Waals surface area contributed by atoms with Crippen molar-refractivity contribution in [1.82, 2.24) is 25.4 Å². The zero-order valence-corrected chi connectivity index (χ0v) is 21.1. The fourth-order valence-corrected chi connectivity index (χ4v) is 3.80. The number of guanidine groups is 1. The summed E-state index contributed by atoms with van der Waals surface area (Å²) in [6, 6.07) is 13.0. The number of nitrogens with zero attached hydrogens (tertiary/aromatic N) is 4. The number of hydrogen-bond acceptors (Lipinski definition) is 3. The number of benzene rings is 1. The van der Waals surface area contributed by atoms with Crippen molar-refractivity contribution < 1.29 is 4.39 Å². The largest absolute Gasteiger partial charge is 0.357 e. The quantitative estimate of drug-likeness (QED) is 0.261. The molecule has 170 valence electrons. The lowest BCUT2D eigenvalue weighted by Gasteiger charge is -2.19. The van der Waals surface area contributed by atoms with Crippen LogP contribution in [0.15, 0.2) is 53.7 Å². The van der Waals surface area contributed by atoms with Crippen molar-refractivity contribution in [3.05, 3.63) is 77.0 Å². The molecule has 0 aliphatic heterocycles. The number of pyridine rings is 1. The van der Waals surface area contributed by atoms with Crippen molar-refractivity contribution in [2.24, 2.45) is 4.99 Å². The van der Waals surface area contributed by atoms with Crippen molar-refractivity contribution in [1.29, 1.82) is 0 Å². The van der Waals surface area contributed by atoms with E-state index in [2.05, 4.69) is 20.7 Å². The van der Waals surface area contributed by atoms with Gasteiger partial charge < -0.3 is 10.6 Å². The highest BCUT2D eigenvalue weighted by Gasteiger charge is 2.44. The van der Waals surface area contributed by atoms with Gasteiger partial charge in [-0.1, -0.05) is 18.2 Å². The second-order valence-electron chi connectivity index (χ2n) is 8.20. The Morgan fingerprint density at radius 2 is 1.97 bits per heavy atom. The van der Waals surface area contributed by atoms with Crippen LogP contribution in [0.4, 0.5) is 4.39 Å². The van der Waals surface area contributed by atoms with Gasteiger partial charge in [-0.3, -0.25) is 0 Å². The standard InChI is InChI=1S/C24H29FN6.HI/c1-4-26-23(29-16-24(10-11-24)20-6-5-7-21(25)13-20)28-15-19-8-9-22(27-14-19)31-18(3)12-17(2)30-31;/h5-9,12-14H,4,10-11,15-16H2,1-3H3,(H2,26,28,29);1H. The number of aryl methyl sites for hydroxylation is 2. The van der Waals surface area contributed by atoms with Gasteiger partial charge in [0, 0.05) is 30.4 Å². The molecule has 0 radical (unpaired) electrons. The Labute approximate surface area is 205 Å². The molecule has 1 aromatic carbocycles. The van der Waals surface area contributed by atoms with Crippen molar-refractivity contribution >= 4 is 29.9 Å². The van der Waals surface area contributed by atoms with Crippen LogP contribution in [0.3, 0.4) is 0 Å². The third-order valence-electron chi connectivity index (χ3n) is 5.68. The zero-order valence-electron chi connectivity index (χ0n) is 18.7. The molecular formula is C24H30FIN6. The number of halogens is 2. The van der Waals surface area contributed by atoms with Crippen LogP contribution in [0.25, 0.3) is 5.82 Å². The number of nitrogens with one attached hydrogen (secondary N) is 2. The lowest BCUT2D eigenvalue weighted by Crippen LogP contribution is -2.41. The average Bonchev–Trinajstić information content (AvgIpc) is 3.48. The van der Waals surface area contributed by atoms with Gasteiger partial charge in [-0.2, -0.15) is 5.10 Å². The second kappa shape index (κ2) is 10.4. The molecule has 1 saturated carbocycles. The molecule has 2 N–H and O–H groups in total. The van der Waals surface area contributed by atoms with E-state index in [1.807, 2.05) is 55.9 Å². The molecule has 3 aromatic rings. The topological polar surface area (TPSA) is 67.1 Å². The van der Waals surface area contributed by atoms with Gasteiger partial charge in [0.25, 0.3) is 0 Å². The minimum absolute atomic E-state index is 0. The minimum Gasteiger partial charge on any atom is -0.357 e. The van der Waals surface area contributed by atoms with Gasteiger partial charge in [-0.05, 0) is 69.0 Å². The second-order valence-corrected chi connectivity index (χ2v) is 8.20. The smallest absolute Gasteiger partial charge is 0.191 e. The van der Waals surface area contributed by atoms with Crippen LogP contribution in [0.1, 0.15) is 42.3 Å². The molecular weight excluding hydrogens is 518 g/mol. The molecule has 1 fully saturated rings. The van der Waals surface area contributed by atoms with Crippen LogP contribution >= 0.6 is 24.0 Å². The Balaban J connectivity index is 0.00000289. The maximum Gasteiger partial charge on any atom is 0.191 e. The van der Waals surface area contributed by atoms with E-state index in [4.69, 9.17) is 4.99 Å². The summed E-state index contributed by atoms with van der Waals surface area (Å²) in [7, 11) is 0. The van der Waals surface area contributed by atoms with Crippen molar-refractivity contribution in [3.63, 3.8) is 0 Å². The fraction of sp³-hybridized carbons (Fsp3) is 0.375. The van der Waals surface area contributed by atoms with Crippen LogP contribution in [0, 0.1) is 19.7 Å². The third kappa shape index (κ3) is 5.65. The SMILES string of the molecule is CCNC(=NCc1ccc(-n2nc(C)cc2C)nc1)NCC1(c2cccc(F)c2)CC1.I. The Bertz CT molecular complexity index is 1070. The monoisotopic (exact) mass is 548 g/mol. The van der Waals surface area contributed by atoms with Crippen molar-refractivity contribution in [2.45, 2.75) is 45.6 Å². The minimum atomic E-state index is -0.180. The number of aliphatic imine (C=N–C) groups is 1. The molecule has 2 heterocycles. The Hall–Kier alpha value is -2.49. The fourth-order valence-electron chi connectivity index (χ4n) is 3.80. The van der Waals surface area contributed by atoms with Crippen LogP contribution < -0.4 is 10.6 Å². The first-order valence-corrected chi connectivity index (χ1v) is 10.8. The van der Waals surface area contributed by atoms with Gasteiger partial charge in [0.2, 0.25) is 0 Å². The highest BCUT2D eigenvalue weighted by Crippen LogP contribution is 2.47. The first-order chi connectivity index (χ1) is 15.0. The van der Waals surface area contributed by atoms with Gasteiger partial charge in [0.05, 0.1) is 12.2 Å². The summed E-state index contributed by atoms with van der Waals surface area (Å²) in [5.41, 5.74) is 4.11. The maximum atomic E-state index is 13.6. The normalized spacial score (nSPS) is 14.6. The molecule has 1 aliphatic rings. The van der Waals surface area contributed by atoms with E-state index in [0.29, 0.717) is 6.54 Å². The predicted molar refractivity (Wildman–Crippen MR) is 136 cm³/mol. The van der Waals surface area contributed by atoms with E-state index in [-0.39, 0.29) is 35.2 Å². The van der Waals surface area contributed by atoms with Gasteiger partial charge in [0.1, 0.15) is 5.82 Å². The summed E-state index contributed by atoms with van der Waals surface area (Å²) in [5, 5.41) is 11.2.